The van der Waals surface area contributed by atoms with Crippen molar-refractivity contribution in [2.75, 3.05) is 19.8 Å². The predicted octanol–water partition coefficient (Wildman–Crippen LogP) is 2.47. The summed E-state index contributed by atoms with van der Waals surface area (Å²) in [6.45, 7) is 4.14. The average molecular weight is 324 g/mol. The molecule has 2 aromatic rings. The van der Waals surface area contributed by atoms with Gasteiger partial charge in [0.25, 0.3) is 5.89 Å². The molecule has 0 spiro atoms. The Balaban J connectivity index is 1.90. The molecule has 0 saturated carbocycles. The number of benzene rings is 1. The molecule has 0 aliphatic carbocycles. The van der Waals surface area contributed by atoms with Crippen LogP contribution >= 0.6 is 15.9 Å². The van der Waals surface area contributed by atoms with Gasteiger partial charge in [-0.15, -0.1) is 0 Å². The predicted molar refractivity (Wildman–Crippen MR) is 73.7 cm³/mol. The molecule has 1 N–H and O–H groups in total. The van der Waals surface area contributed by atoms with Crippen molar-refractivity contribution in [2.45, 2.75) is 13.0 Å². The minimum atomic E-state index is 0.00911. The molecule has 0 amide bonds. The van der Waals surface area contributed by atoms with Crippen LogP contribution in [0.4, 0.5) is 0 Å². The van der Waals surface area contributed by atoms with Crippen LogP contribution in [-0.2, 0) is 4.74 Å². The summed E-state index contributed by atoms with van der Waals surface area (Å²) in [5, 5.41) is 7.34. The first-order chi connectivity index (χ1) is 9.25. The Hall–Kier alpha value is -1.24. The molecule has 1 aliphatic rings. The molecule has 1 aliphatic heterocycles. The van der Waals surface area contributed by atoms with E-state index in [9.17, 15) is 0 Å². The van der Waals surface area contributed by atoms with Crippen LogP contribution in [0, 0.1) is 6.92 Å². The molecule has 2 heterocycles. The molecule has 1 aromatic heterocycles. The van der Waals surface area contributed by atoms with Gasteiger partial charge in [0, 0.05) is 11.0 Å². The fourth-order valence-corrected chi connectivity index (χ4v) is 2.46. The monoisotopic (exact) mass is 323 g/mol. The van der Waals surface area contributed by atoms with Crippen LogP contribution in [0.1, 0.15) is 17.4 Å². The third kappa shape index (κ3) is 2.56. The summed E-state index contributed by atoms with van der Waals surface area (Å²) in [7, 11) is 0. The van der Waals surface area contributed by atoms with Crippen LogP contribution in [0.5, 0.6) is 0 Å². The zero-order valence-electron chi connectivity index (χ0n) is 10.5. The van der Waals surface area contributed by atoms with Gasteiger partial charge in [-0.05, 0) is 34.5 Å². The van der Waals surface area contributed by atoms with E-state index in [-0.39, 0.29) is 6.04 Å². The van der Waals surface area contributed by atoms with Gasteiger partial charge in [0.05, 0.1) is 24.8 Å². The highest BCUT2D eigenvalue weighted by Gasteiger charge is 2.22. The maximum Gasteiger partial charge on any atom is 0.259 e. The Morgan fingerprint density at radius 1 is 1.42 bits per heavy atom. The molecule has 0 radical (unpaired) electrons. The van der Waals surface area contributed by atoms with Crippen molar-refractivity contribution in [2.24, 2.45) is 0 Å². The largest absolute Gasteiger partial charge is 0.378 e. The minimum absolute atomic E-state index is 0.00911. The van der Waals surface area contributed by atoms with Crippen LogP contribution in [0.2, 0.25) is 0 Å². The van der Waals surface area contributed by atoms with E-state index in [0.29, 0.717) is 18.3 Å². The number of ether oxygens (including phenoxy) is 1. The Morgan fingerprint density at radius 2 is 2.32 bits per heavy atom. The van der Waals surface area contributed by atoms with E-state index in [1.165, 1.54) is 0 Å². The van der Waals surface area contributed by atoms with E-state index in [4.69, 9.17) is 9.26 Å². The number of aromatic nitrogens is 2. The molecule has 1 unspecified atom stereocenters. The Bertz CT molecular complexity index is 579. The van der Waals surface area contributed by atoms with Gasteiger partial charge in [-0.3, -0.25) is 0 Å². The van der Waals surface area contributed by atoms with Crippen molar-refractivity contribution in [1.29, 1.82) is 0 Å². The number of halogens is 1. The second-order valence-electron chi connectivity index (χ2n) is 4.48. The number of aryl methyl sites for hydroxylation is 1. The van der Waals surface area contributed by atoms with Crippen LogP contribution in [0.15, 0.2) is 27.2 Å². The third-order valence-corrected chi connectivity index (χ3v) is 4.15. The summed E-state index contributed by atoms with van der Waals surface area (Å²) in [6.07, 6.45) is 0. The summed E-state index contributed by atoms with van der Waals surface area (Å²) in [5.74, 6) is 1.17. The van der Waals surface area contributed by atoms with Gasteiger partial charge in [-0.25, -0.2) is 0 Å². The Morgan fingerprint density at radius 3 is 3.11 bits per heavy atom. The maximum atomic E-state index is 5.40. The normalized spacial score (nSPS) is 19.6. The SMILES string of the molecule is Cc1cccc(-c2nc(C3COCCN3)no2)c1Br. The van der Waals surface area contributed by atoms with Crippen LogP contribution < -0.4 is 5.32 Å². The van der Waals surface area contributed by atoms with E-state index in [0.717, 1.165) is 28.8 Å². The standard InChI is InChI=1S/C13H14BrN3O2/c1-8-3-2-4-9(11(8)14)13-16-12(17-19-13)10-7-18-6-5-15-10/h2-4,10,15H,5-7H2,1H3. The number of rotatable bonds is 2. The van der Waals surface area contributed by atoms with Crippen molar-refractivity contribution in [3.05, 3.63) is 34.1 Å². The minimum Gasteiger partial charge on any atom is -0.378 e. The van der Waals surface area contributed by atoms with Gasteiger partial charge in [0.15, 0.2) is 5.82 Å². The van der Waals surface area contributed by atoms with E-state index in [2.05, 4.69) is 31.4 Å². The summed E-state index contributed by atoms with van der Waals surface area (Å²) in [5.41, 5.74) is 2.05. The van der Waals surface area contributed by atoms with Gasteiger partial charge in [0.1, 0.15) is 0 Å². The number of nitrogens with one attached hydrogen (secondary N) is 1. The molecule has 19 heavy (non-hydrogen) atoms. The summed E-state index contributed by atoms with van der Waals surface area (Å²) < 4.78 is 11.7. The van der Waals surface area contributed by atoms with Crippen LogP contribution in [0.3, 0.4) is 0 Å². The lowest BCUT2D eigenvalue weighted by atomic mass is 10.1. The number of hydrogen-bond acceptors (Lipinski definition) is 5. The number of morpholine rings is 1. The van der Waals surface area contributed by atoms with Gasteiger partial charge >= 0.3 is 0 Å². The highest BCUT2D eigenvalue weighted by atomic mass is 79.9. The first-order valence-corrected chi connectivity index (χ1v) is 6.95. The lowest BCUT2D eigenvalue weighted by molar-refractivity contribution is 0.0734. The summed E-state index contributed by atoms with van der Waals surface area (Å²) >= 11 is 3.55. The molecule has 0 bridgehead atoms. The zero-order valence-corrected chi connectivity index (χ0v) is 12.1. The second kappa shape index (κ2) is 5.40. The molecule has 1 atom stereocenters. The Kier molecular flexibility index (Phi) is 3.63. The van der Waals surface area contributed by atoms with Crippen molar-refractivity contribution in [3.63, 3.8) is 0 Å². The first kappa shape index (κ1) is 12.8. The van der Waals surface area contributed by atoms with Gasteiger partial charge < -0.3 is 14.6 Å². The fourth-order valence-electron chi connectivity index (χ4n) is 2.03. The molecular formula is C13H14BrN3O2. The molecule has 1 saturated heterocycles. The maximum absolute atomic E-state index is 5.40. The molecule has 1 aromatic carbocycles. The van der Waals surface area contributed by atoms with Gasteiger partial charge in [-0.2, -0.15) is 4.98 Å². The lowest BCUT2D eigenvalue weighted by Crippen LogP contribution is -2.35. The van der Waals surface area contributed by atoms with E-state index >= 15 is 0 Å². The average Bonchev–Trinajstić information content (AvgIpc) is 2.92. The first-order valence-electron chi connectivity index (χ1n) is 6.16. The van der Waals surface area contributed by atoms with Crippen molar-refractivity contribution >= 4 is 15.9 Å². The molecule has 1 fully saturated rings. The van der Waals surface area contributed by atoms with Gasteiger partial charge in [0.2, 0.25) is 0 Å². The highest BCUT2D eigenvalue weighted by molar-refractivity contribution is 9.10. The smallest absolute Gasteiger partial charge is 0.259 e. The molecule has 3 rings (SSSR count). The molecular weight excluding hydrogens is 310 g/mol. The zero-order chi connectivity index (χ0) is 13.2. The quantitative estimate of drug-likeness (QED) is 0.920. The van der Waals surface area contributed by atoms with Crippen LogP contribution in [-0.4, -0.2) is 29.9 Å². The van der Waals surface area contributed by atoms with E-state index < -0.39 is 0 Å². The van der Waals surface area contributed by atoms with Gasteiger partial charge in [-0.1, -0.05) is 17.3 Å². The molecule has 5 nitrogen and oxygen atoms in total. The van der Waals surface area contributed by atoms with E-state index in [1.807, 2.05) is 25.1 Å². The number of hydrogen-bond donors (Lipinski definition) is 1. The summed E-state index contributed by atoms with van der Waals surface area (Å²) in [6, 6.07) is 5.97. The second-order valence-corrected chi connectivity index (χ2v) is 5.27. The topological polar surface area (TPSA) is 60.2 Å². The fraction of sp³-hybridized carbons (Fsp3) is 0.385. The van der Waals surface area contributed by atoms with E-state index in [1.54, 1.807) is 0 Å². The third-order valence-electron chi connectivity index (χ3n) is 3.10. The van der Waals surface area contributed by atoms with Crippen molar-refractivity contribution in [3.8, 4) is 11.5 Å². The Labute approximate surface area is 119 Å². The molecule has 6 heteroatoms. The summed E-state index contributed by atoms with van der Waals surface area (Å²) in [4.78, 5) is 4.46. The lowest BCUT2D eigenvalue weighted by Gasteiger charge is -2.20. The molecule has 100 valence electrons. The van der Waals surface area contributed by atoms with Crippen LogP contribution in [0.25, 0.3) is 11.5 Å². The highest BCUT2D eigenvalue weighted by Crippen LogP contribution is 2.30. The number of nitrogens with zero attached hydrogens (tertiary/aromatic N) is 2. The van der Waals surface area contributed by atoms with Crippen molar-refractivity contribution < 1.29 is 9.26 Å². The van der Waals surface area contributed by atoms with Crippen molar-refractivity contribution in [1.82, 2.24) is 15.5 Å².